The minimum absolute atomic E-state index is 0.0742. The smallest absolute Gasteiger partial charge is 0.310 e. The third-order valence-corrected chi connectivity index (χ3v) is 5.46. The first kappa shape index (κ1) is 30.4. The van der Waals surface area contributed by atoms with E-state index in [4.69, 9.17) is 14.9 Å². The molecule has 1 saturated carbocycles. The van der Waals surface area contributed by atoms with Gasteiger partial charge in [-0.2, -0.15) is 0 Å². The standard InChI is InChI=1S/C18H33NO15/c1-4-9(7-14(23,24)19-11(20)5-2)6-10(8(3)33-13(21)22)34-12-15(25,26)17(29,30)18(31,32)16(12,27)28/h9,12-13,21-32H,4-7H2,1-3H3,(H,19,20). The lowest BCUT2D eigenvalue weighted by molar-refractivity contribution is -0.452. The molecule has 0 aromatic rings. The normalized spacial score (nSPS) is 22.8. The Bertz CT molecular complexity index is 732. The fourth-order valence-corrected chi connectivity index (χ4v) is 3.35. The van der Waals surface area contributed by atoms with Crippen LogP contribution in [0.3, 0.4) is 0 Å². The lowest BCUT2D eigenvalue weighted by atomic mass is 9.94. The van der Waals surface area contributed by atoms with Crippen LogP contribution in [0.5, 0.6) is 0 Å². The van der Waals surface area contributed by atoms with Crippen molar-refractivity contribution in [2.75, 3.05) is 0 Å². The molecule has 1 fully saturated rings. The number of ether oxygens (including phenoxy) is 2. The van der Waals surface area contributed by atoms with E-state index in [2.05, 4.69) is 4.74 Å². The number of aliphatic hydroxyl groups excluding tert-OH is 1. The molecule has 200 valence electrons. The van der Waals surface area contributed by atoms with Gasteiger partial charge in [-0.1, -0.05) is 20.3 Å². The van der Waals surface area contributed by atoms with Crippen LogP contribution in [0.2, 0.25) is 0 Å². The number of aliphatic hydroxyl groups is 12. The van der Waals surface area contributed by atoms with Crippen molar-refractivity contribution in [3.63, 3.8) is 0 Å². The number of nitrogens with one attached hydrogen (secondary N) is 1. The van der Waals surface area contributed by atoms with E-state index in [1.165, 1.54) is 6.92 Å². The molecule has 0 aromatic carbocycles. The molecule has 0 bridgehead atoms. The first-order valence-corrected chi connectivity index (χ1v) is 10.1. The van der Waals surface area contributed by atoms with Crippen molar-refractivity contribution in [3.05, 3.63) is 11.5 Å². The number of allylic oxidation sites excluding steroid dienone is 2. The summed E-state index contributed by atoms with van der Waals surface area (Å²) in [4.78, 5) is 11.5. The zero-order valence-electron chi connectivity index (χ0n) is 18.7. The molecule has 0 saturated heterocycles. The van der Waals surface area contributed by atoms with Gasteiger partial charge in [-0.3, -0.25) is 4.79 Å². The van der Waals surface area contributed by atoms with E-state index < -0.39 is 77.8 Å². The molecular formula is C18H33NO15. The SMILES string of the molecule is CCC(=O)NC(O)(O)CC(CC)CC(OC1C(O)(O)C(O)(O)C(O)(O)C1(O)O)=C(C)OC(O)O. The highest BCUT2D eigenvalue weighted by Gasteiger charge is 2.85. The fraction of sp³-hybridized carbons (Fsp3) is 0.833. The Labute approximate surface area is 193 Å². The Morgan fingerprint density at radius 1 is 0.971 bits per heavy atom. The Morgan fingerprint density at radius 2 is 1.44 bits per heavy atom. The maximum Gasteiger partial charge on any atom is 0.310 e. The predicted octanol–water partition coefficient (Wildman–Crippen LogP) is -5.40. The highest BCUT2D eigenvalue weighted by Crippen LogP contribution is 2.50. The molecule has 0 aromatic heterocycles. The van der Waals surface area contributed by atoms with E-state index in [1.54, 1.807) is 6.92 Å². The molecular weight excluding hydrogens is 470 g/mol. The van der Waals surface area contributed by atoms with Gasteiger partial charge in [-0.15, -0.1) is 0 Å². The molecule has 0 radical (unpaired) electrons. The van der Waals surface area contributed by atoms with Crippen molar-refractivity contribution in [2.45, 2.75) is 88.1 Å². The second-order valence-corrected chi connectivity index (χ2v) is 8.12. The van der Waals surface area contributed by atoms with Crippen molar-refractivity contribution in [1.29, 1.82) is 0 Å². The van der Waals surface area contributed by atoms with E-state index >= 15 is 0 Å². The molecule has 16 nitrogen and oxygen atoms in total. The number of hydrogen-bond donors (Lipinski definition) is 13. The van der Waals surface area contributed by atoms with Crippen LogP contribution in [0.25, 0.3) is 0 Å². The van der Waals surface area contributed by atoms with Gasteiger partial charge in [-0.25, -0.2) is 0 Å². The van der Waals surface area contributed by atoms with Crippen LogP contribution in [-0.2, 0) is 14.3 Å². The number of carbonyl (C=O) groups is 1. The van der Waals surface area contributed by atoms with Gasteiger partial charge in [-0.05, 0) is 12.8 Å². The maximum atomic E-state index is 11.5. The Balaban J connectivity index is 3.36. The van der Waals surface area contributed by atoms with Gasteiger partial charge in [0.1, 0.15) is 11.5 Å². The molecule has 34 heavy (non-hydrogen) atoms. The zero-order valence-corrected chi connectivity index (χ0v) is 18.7. The molecule has 0 aliphatic heterocycles. The van der Waals surface area contributed by atoms with Gasteiger partial charge in [0.05, 0.1) is 0 Å². The van der Waals surface area contributed by atoms with E-state index in [1.807, 2.05) is 5.32 Å². The topological polar surface area (TPSA) is 290 Å². The fourth-order valence-electron chi connectivity index (χ4n) is 3.35. The minimum atomic E-state index is -4.37. The molecule has 1 aliphatic rings. The predicted molar refractivity (Wildman–Crippen MR) is 104 cm³/mol. The van der Waals surface area contributed by atoms with E-state index in [9.17, 15) is 55.9 Å². The van der Waals surface area contributed by atoms with E-state index in [-0.39, 0.29) is 12.8 Å². The van der Waals surface area contributed by atoms with Gasteiger partial charge in [0, 0.05) is 19.3 Å². The molecule has 1 atom stereocenters. The molecule has 16 heteroatoms. The first-order chi connectivity index (χ1) is 15.2. The molecule has 0 spiro atoms. The first-order valence-electron chi connectivity index (χ1n) is 10.1. The minimum Gasteiger partial charge on any atom is -0.479 e. The van der Waals surface area contributed by atoms with Crippen molar-refractivity contribution in [3.8, 4) is 0 Å². The number of hydrogen-bond acceptors (Lipinski definition) is 15. The largest absolute Gasteiger partial charge is 0.479 e. The third-order valence-electron chi connectivity index (χ3n) is 5.46. The summed E-state index contributed by atoms with van der Waals surface area (Å²) < 4.78 is 9.68. The van der Waals surface area contributed by atoms with Crippen LogP contribution in [0.15, 0.2) is 11.5 Å². The Kier molecular flexibility index (Phi) is 9.05. The lowest BCUT2D eigenvalue weighted by Crippen LogP contribution is -2.66. The highest BCUT2D eigenvalue weighted by atomic mass is 16.7. The summed E-state index contributed by atoms with van der Waals surface area (Å²) in [5.74, 6) is -22.5. The van der Waals surface area contributed by atoms with Crippen LogP contribution >= 0.6 is 0 Å². The van der Waals surface area contributed by atoms with Gasteiger partial charge in [0.2, 0.25) is 17.9 Å². The summed E-state index contributed by atoms with van der Waals surface area (Å²) in [5, 5.41) is 120. The van der Waals surface area contributed by atoms with E-state index in [0.717, 1.165) is 6.92 Å². The lowest BCUT2D eigenvalue weighted by Gasteiger charge is -2.34. The molecule has 0 heterocycles. The second-order valence-electron chi connectivity index (χ2n) is 8.12. The van der Waals surface area contributed by atoms with Gasteiger partial charge < -0.3 is 76.1 Å². The molecule has 1 unspecified atom stereocenters. The average molecular weight is 503 g/mol. The van der Waals surface area contributed by atoms with Gasteiger partial charge in [0.25, 0.3) is 23.1 Å². The third kappa shape index (κ3) is 5.76. The van der Waals surface area contributed by atoms with Crippen LogP contribution in [0, 0.1) is 5.92 Å². The van der Waals surface area contributed by atoms with Crippen LogP contribution in [0.1, 0.15) is 46.5 Å². The average Bonchev–Trinajstić information content (AvgIpc) is 2.73. The number of amides is 1. The molecule has 1 amide bonds. The highest BCUT2D eigenvalue weighted by molar-refractivity contribution is 5.75. The Morgan fingerprint density at radius 3 is 1.82 bits per heavy atom. The van der Waals surface area contributed by atoms with Crippen molar-refractivity contribution >= 4 is 5.91 Å². The molecule has 1 rings (SSSR count). The molecule has 13 N–H and O–H groups in total. The van der Waals surface area contributed by atoms with E-state index in [0.29, 0.717) is 0 Å². The van der Waals surface area contributed by atoms with Crippen molar-refractivity contribution < 1.29 is 75.5 Å². The van der Waals surface area contributed by atoms with Crippen molar-refractivity contribution in [2.24, 2.45) is 5.92 Å². The monoisotopic (exact) mass is 503 g/mol. The Hall–Kier alpha value is -1.67. The summed E-state index contributed by atoms with van der Waals surface area (Å²) >= 11 is 0. The van der Waals surface area contributed by atoms with Gasteiger partial charge in [0.15, 0.2) is 0 Å². The number of carbonyl (C=O) groups excluding carboxylic acids is 1. The number of rotatable bonds is 11. The van der Waals surface area contributed by atoms with Crippen LogP contribution in [-0.4, -0.2) is 109 Å². The maximum absolute atomic E-state index is 11.5. The van der Waals surface area contributed by atoms with Crippen LogP contribution < -0.4 is 5.32 Å². The second kappa shape index (κ2) is 10.1. The quantitative estimate of drug-likeness (QED) is 0.0924. The summed E-state index contributed by atoms with van der Waals surface area (Å²) in [5.41, 5.74) is 0. The van der Waals surface area contributed by atoms with Gasteiger partial charge >= 0.3 is 6.48 Å². The molecule has 1 aliphatic carbocycles. The zero-order chi connectivity index (χ0) is 26.9. The summed E-state index contributed by atoms with van der Waals surface area (Å²) in [6.07, 6.45) is -4.04. The summed E-state index contributed by atoms with van der Waals surface area (Å²) in [7, 11) is 0. The van der Waals surface area contributed by atoms with Crippen LogP contribution in [0.4, 0.5) is 0 Å². The summed E-state index contributed by atoms with van der Waals surface area (Å²) in [6, 6.07) is 0. The van der Waals surface area contributed by atoms with Crippen molar-refractivity contribution in [1.82, 2.24) is 5.32 Å². The summed E-state index contributed by atoms with van der Waals surface area (Å²) in [6.45, 7) is 1.59.